The summed E-state index contributed by atoms with van der Waals surface area (Å²) >= 11 is 5.80. The molecule has 0 spiro atoms. The monoisotopic (exact) mass is 376 g/mol. The molecule has 0 atom stereocenters. The lowest BCUT2D eigenvalue weighted by atomic mass is 10.1. The van der Waals surface area contributed by atoms with Gasteiger partial charge in [-0.2, -0.15) is 0 Å². The summed E-state index contributed by atoms with van der Waals surface area (Å²) < 4.78 is 10.3. The van der Waals surface area contributed by atoms with Crippen molar-refractivity contribution in [1.82, 2.24) is 5.32 Å². The molecule has 2 amide bonds. The Morgan fingerprint density at radius 2 is 1.81 bits per heavy atom. The van der Waals surface area contributed by atoms with Crippen molar-refractivity contribution in [3.63, 3.8) is 0 Å². The quantitative estimate of drug-likeness (QED) is 0.659. The number of halogens is 1. The first-order chi connectivity index (χ1) is 12.6. The summed E-state index contributed by atoms with van der Waals surface area (Å²) in [5, 5.41) is 6.09. The van der Waals surface area contributed by atoms with Crippen LogP contribution >= 0.6 is 11.6 Å². The van der Waals surface area contributed by atoms with Crippen molar-refractivity contribution in [3.05, 3.63) is 59.1 Å². The highest BCUT2D eigenvalue weighted by atomic mass is 35.5. The van der Waals surface area contributed by atoms with Crippen LogP contribution in [0.5, 0.6) is 5.75 Å². The Morgan fingerprint density at radius 1 is 1.08 bits per heavy atom. The van der Waals surface area contributed by atoms with E-state index in [9.17, 15) is 9.59 Å². The maximum atomic E-state index is 12.3. The highest BCUT2D eigenvalue weighted by Crippen LogP contribution is 2.17. The summed E-state index contributed by atoms with van der Waals surface area (Å²) in [5.41, 5.74) is 0.825. The van der Waals surface area contributed by atoms with E-state index in [1.807, 2.05) is 0 Å². The van der Waals surface area contributed by atoms with Crippen molar-refractivity contribution in [1.29, 1.82) is 0 Å². The number of ether oxygens (including phenoxy) is 2. The van der Waals surface area contributed by atoms with Gasteiger partial charge in [0.1, 0.15) is 5.75 Å². The zero-order valence-corrected chi connectivity index (χ0v) is 15.2. The molecular formula is C19H21ClN2O4. The van der Waals surface area contributed by atoms with Gasteiger partial charge < -0.3 is 20.1 Å². The maximum absolute atomic E-state index is 12.3. The lowest BCUT2D eigenvalue weighted by Gasteiger charge is -2.12. The highest BCUT2D eigenvalue weighted by Gasteiger charge is 2.13. The number of anilines is 1. The van der Waals surface area contributed by atoms with E-state index in [-0.39, 0.29) is 18.4 Å². The van der Waals surface area contributed by atoms with Crippen molar-refractivity contribution in [2.45, 2.75) is 6.42 Å². The van der Waals surface area contributed by atoms with Crippen molar-refractivity contribution < 1.29 is 19.1 Å². The lowest BCUT2D eigenvalue weighted by molar-refractivity contribution is -0.118. The summed E-state index contributed by atoms with van der Waals surface area (Å²) in [4.78, 5) is 24.4. The fourth-order valence-electron chi connectivity index (χ4n) is 2.17. The topological polar surface area (TPSA) is 76.7 Å². The van der Waals surface area contributed by atoms with Gasteiger partial charge >= 0.3 is 0 Å². The molecule has 0 aromatic heterocycles. The van der Waals surface area contributed by atoms with Crippen LogP contribution in [-0.2, 0) is 9.53 Å². The minimum atomic E-state index is -0.361. The Hall–Kier alpha value is -2.57. The van der Waals surface area contributed by atoms with Gasteiger partial charge in [-0.3, -0.25) is 9.59 Å². The van der Waals surface area contributed by atoms with Crippen molar-refractivity contribution in [3.8, 4) is 5.75 Å². The van der Waals surface area contributed by atoms with E-state index in [4.69, 9.17) is 21.1 Å². The van der Waals surface area contributed by atoms with E-state index in [0.29, 0.717) is 41.6 Å². The van der Waals surface area contributed by atoms with E-state index < -0.39 is 0 Å². The molecule has 0 unspecified atom stereocenters. The minimum absolute atomic E-state index is 0.175. The van der Waals surface area contributed by atoms with Crippen LogP contribution in [0.2, 0.25) is 5.02 Å². The number of carbonyl (C=O) groups excluding carboxylic acids is 2. The van der Waals surface area contributed by atoms with Crippen LogP contribution in [0, 0.1) is 0 Å². The Morgan fingerprint density at radius 3 is 2.54 bits per heavy atom. The predicted molar refractivity (Wildman–Crippen MR) is 101 cm³/mol. The van der Waals surface area contributed by atoms with Crippen molar-refractivity contribution in [2.75, 3.05) is 32.2 Å². The van der Waals surface area contributed by atoms with E-state index in [1.165, 1.54) is 0 Å². The molecule has 0 radical (unpaired) electrons. The van der Waals surface area contributed by atoms with Crippen LogP contribution in [0.25, 0.3) is 0 Å². The van der Waals surface area contributed by atoms with E-state index in [0.717, 1.165) is 0 Å². The van der Waals surface area contributed by atoms with Gasteiger partial charge in [-0.1, -0.05) is 23.7 Å². The number of nitrogens with one attached hydrogen (secondary N) is 2. The van der Waals surface area contributed by atoms with Crippen LogP contribution in [0.1, 0.15) is 16.8 Å². The third-order valence-electron chi connectivity index (χ3n) is 3.44. The number of benzene rings is 2. The third kappa shape index (κ3) is 6.38. The van der Waals surface area contributed by atoms with Gasteiger partial charge in [0.15, 0.2) is 6.61 Å². The van der Waals surface area contributed by atoms with Crippen molar-refractivity contribution >= 4 is 29.1 Å². The summed E-state index contributed by atoms with van der Waals surface area (Å²) in [7, 11) is 1.61. The van der Waals surface area contributed by atoms with E-state index in [1.54, 1.807) is 55.6 Å². The zero-order valence-electron chi connectivity index (χ0n) is 14.5. The molecule has 2 aromatic carbocycles. The number of amides is 2. The standard InChI is InChI=1S/C19H21ClN2O4/c1-25-12-4-11-21-19(24)16-5-2-3-6-17(16)22-18(23)13-26-15-9-7-14(20)8-10-15/h2-3,5-10H,4,11-13H2,1H3,(H,21,24)(H,22,23). The third-order valence-corrected chi connectivity index (χ3v) is 3.69. The molecule has 0 aliphatic heterocycles. The van der Waals surface area contributed by atoms with Gasteiger partial charge in [0.05, 0.1) is 11.3 Å². The average Bonchev–Trinajstić information content (AvgIpc) is 2.65. The summed E-state index contributed by atoms with van der Waals surface area (Å²) in [5.74, 6) is -0.0797. The number of rotatable bonds is 9. The average molecular weight is 377 g/mol. The SMILES string of the molecule is COCCCNC(=O)c1ccccc1NC(=O)COc1ccc(Cl)cc1. The summed E-state index contributed by atoms with van der Waals surface area (Å²) in [6.07, 6.45) is 0.714. The molecule has 0 fully saturated rings. The number of methoxy groups -OCH3 is 1. The molecular weight excluding hydrogens is 356 g/mol. The normalized spacial score (nSPS) is 10.2. The molecule has 138 valence electrons. The fraction of sp³-hybridized carbons (Fsp3) is 0.263. The number of hydrogen-bond donors (Lipinski definition) is 2. The molecule has 0 aliphatic carbocycles. The molecule has 2 N–H and O–H groups in total. The van der Waals surface area contributed by atoms with Gasteiger partial charge in [0.25, 0.3) is 11.8 Å². The van der Waals surface area contributed by atoms with Gasteiger partial charge in [0, 0.05) is 25.3 Å². The second-order valence-electron chi connectivity index (χ2n) is 5.44. The first kappa shape index (κ1) is 19.8. The van der Waals surface area contributed by atoms with E-state index >= 15 is 0 Å². The molecule has 0 saturated carbocycles. The van der Waals surface area contributed by atoms with E-state index in [2.05, 4.69) is 10.6 Å². The summed E-state index contributed by atoms with van der Waals surface area (Å²) in [6, 6.07) is 13.5. The van der Waals surface area contributed by atoms with Gasteiger partial charge in [-0.05, 0) is 42.8 Å². The first-order valence-corrected chi connectivity index (χ1v) is 8.52. The molecule has 7 heteroatoms. The number of carbonyl (C=O) groups is 2. The molecule has 0 bridgehead atoms. The molecule has 26 heavy (non-hydrogen) atoms. The van der Waals surface area contributed by atoms with Crippen LogP contribution < -0.4 is 15.4 Å². The van der Waals surface area contributed by atoms with Gasteiger partial charge in [-0.15, -0.1) is 0 Å². The number of para-hydroxylation sites is 1. The molecule has 0 heterocycles. The maximum Gasteiger partial charge on any atom is 0.262 e. The summed E-state index contributed by atoms with van der Waals surface area (Å²) in [6.45, 7) is 0.890. The second kappa shape index (κ2) is 10.4. The Bertz CT molecular complexity index is 735. The minimum Gasteiger partial charge on any atom is -0.484 e. The van der Waals surface area contributed by atoms with Crippen LogP contribution in [0.4, 0.5) is 5.69 Å². The Balaban J connectivity index is 1.90. The molecule has 6 nitrogen and oxygen atoms in total. The van der Waals surface area contributed by atoms with Gasteiger partial charge in [-0.25, -0.2) is 0 Å². The molecule has 2 rings (SSSR count). The van der Waals surface area contributed by atoms with Crippen LogP contribution in [0.15, 0.2) is 48.5 Å². The molecule has 0 saturated heterocycles. The zero-order chi connectivity index (χ0) is 18.8. The second-order valence-corrected chi connectivity index (χ2v) is 5.88. The number of hydrogen-bond acceptors (Lipinski definition) is 4. The Labute approximate surface area is 157 Å². The Kier molecular flexibility index (Phi) is 7.92. The lowest BCUT2D eigenvalue weighted by Crippen LogP contribution is -2.27. The smallest absolute Gasteiger partial charge is 0.262 e. The van der Waals surface area contributed by atoms with Crippen LogP contribution in [0.3, 0.4) is 0 Å². The fourth-order valence-corrected chi connectivity index (χ4v) is 2.30. The molecule has 2 aromatic rings. The van der Waals surface area contributed by atoms with Crippen molar-refractivity contribution in [2.24, 2.45) is 0 Å². The molecule has 0 aliphatic rings. The van der Waals surface area contributed by atoms with Gasteiger partial charge in [0.2, 0.25) is 0 Å². The largest absolute Gasteiger partial charge is 0.484 e. The highest BCUT2D eigenvalue weighted by molar-refractivity contribution is 6.30. The predicted octanol–water partition coefficient (Wildman–Crippen LogP) is 3.12. The van der Waals surface area contributed by atoms with Crippen LogP contribution in [-0.4, -0.2) is 38.7 Å². The first-order valence-electron chi connectivity index (χ1n) is 8.14.